The number of rotatable bonds is 10. The van der Waals surface area contributed by atoms with E-state index in [2.05, 4.69) is 26.0 Å². The van der Waals surface area contributed by atoms with Crippen molar-refractivity contribution < 1.29 is 19.1 Å². The number of ether oxygens (including phenoxy) is 2. The molecular formula is C28H27N5O5. The van der Waals surface area contributed by atoms with Gasteiger partial charge in [-0.3, -0.25) is 14.4 Å². The summed E-state index contributed by atoms with van der Waals surface area (Å²) in [6, 6.07) is 19.2. The molecule has 0 bridgehead atoms. The van der Waals surface area contributed by atoms with E-state index in [4.69, 9.17) is 9.47 Å². The molecule has 0 fully saturated rings. The SMILES string of the molecule is CCCOc1ccc(/C=N\NC(=O)[C@H](NC(=O)c2ccccc2)c2n[nH]c(=O)c3ccccc23)cc1OC. The second-order valence-electron chi connectivity index (χ2n) is 8.25. The van der Waals surface area contributed by atoms with Gasteiger partial charge >= 0.3 is 0 Å². The quantitative estimate of drug-likeness (QED) is 0.220. The summed E-state index contributed by atoms with van der Waals surface area (Å²) in [4.78, 5) is 38.5. The summed E-state index contributed by atoms with van der Waals surface area (Å²) in [7, 11) is 1.54. The highest BCUT2D eigenvalue weighted by atomic mass is 16.5. The Bertz CT molecular complexity index is 1520. The number of benzene rings is 3. The van der Waals surface area contributed by atoms with Crippen molar-refractivity contribution in [2.75, 3.05) is 13.7 Å². The Morgan fingerprint density at radius 2 is 1.76 bits per heavy atom. The molecule has 0 aliphatic carbocycles. The third-order valence-corrected chi connectivity index (χ3v) is 5.61. The van der Waals surface area contributed by atoms with Crippen molar-refractivity contribution in [3.63, 3.8) is 0 Å². The maximum absolute atomic E-state index is 13.3. The number of hydrogen-bond acceptors (Lipinski definition) is 7. The normalized spacial score (nSPS) is 11.7. The molecule has 1 atom stereocenters. The van der Waals surface area contributed by atoms with Crippen LogP contribution in [0.2, 0.25) is 0 Å². The van der Waals surface area contributed by atoms with Crippen molar-refractivity contribution in [1.29, 1.82) is 0 Å². The molecule has 0 saturated carbocycles. The van der Waals surface area contributed by atoms with Gasteiger partial charge in [0.25, 0.3) is 17.4 Å². The highest BCUT2D eigenvalue weighted by molar-refractivity contribution is 5.99. The average molecular weight is 514 g/mol. The molecule has 4 aromatic rings. The summed E-state index contributed by atoms with van der Waals surface area (Å²) in [6.07, 6.45) is 2.30. The predicted octanol–water partition coefficient (Wildman–Crippen LogP) is 3.34. The molecule has 1 heterocycles. The first-order valence-electron chi connectivity index (χ1n) is 12.0. The number of methoxy groups -OCH3 is 1. The van der Waals surface area contributed by atoms with Crippen LogP contribution in [-0.4, -0.2) is 41.9 Å². The number of nitrogens with zero attached hydrogens (tertiary/aromatic N) is 2. The number of hydrazone groups is 1. The molecule has 0 saturated heterocycles. The van der Waals surface area contributed by atoms with Gasteiger partial charge in [-0.1, -0.05) is 43.3 Å². The van der Waals surface area contributed by atoms with Crippen molar-refractivity contribution in [2.45, 2.75) is 19.4 Å². The first kappa shape index (κ1) is 26.1. The van der Waals surface area contributed by atoms with Crippen molar-refractivity contribution in [2.24, 2.45) is 5.10 Å². The highest BCUT2D eigenvalue weighted by Crippen LogP contribution is 2.27. The van der Waals surface area contributed by atoms with E-state index in [1.54, 1.807) is 79.9 Å². The van der Waals surface area contributed by atoms with E-state index < -0.39 is 23.4 Å². The van der Waals surface area contributed by atoms with Crippen molar-refractivity contribution in [3.05, 3.63) is 100.0 Å². The first-order chi connectivity index (χ1) is 18.5. The summed E-state index contributed by atoms with van der Waals surface area (Å²) in [5.41, 5.74) is 3.25. The molecule has 0 spiro atoms. The third-order valence-electron chi connectivity index (χ3n) is 5.61. The lowest BCUT2D eigenvalue weighted by molar-refractivity contribution is -0.123. The van der Waals surface area contributed by atoms with E-state index in [1.807, 2.05) is 6.92 Å². The van der Waals surface area contributed by atoms with Crippen LogP contribution in [0.3, 0.4) is 0 Å². The lowest BCUT2D eigenvalue weighted by atomic mass is 10.0. The summed E-state index contributed by atoms with van der Waals surface area (Å²) in [6.45, 7) is 2.57. The second-order valence-corrected chi connectivity index (χ2v) is 8.25. The fraction of sp³-hybridized carbons (Fsp3) is 0.179. The molecule has 0 radical (unpaired) electrons. The van der Waals surface area contributed by atoms with E-state index >= 15 is 0 Å². The van der Waals surface area contributed by atoms with Crippen LogP contribution >= 0.6 is 0 Å². The maximum atomic E-state index is 13.3. The topological polar surface area (TPSA) is 135 Å². The molecule has 3 aromatic carbocycles. The summed E-state index contributed by atoms with van der Waals surface area (Å²) in [5, 5.41) is 14.0. The number of nitrogens with one attached hydrogen (secondary N) is 3. The van der Waals surface area contributed by atoms with Crippen LogP contribution in [0.15, 0.2) is 82.7 Å². The van der Waals surface area contributed by atoms with Crippen LogP contribution in [0.1, 0.15) is 41.0 Å². The molecule has 3 N–H and O–H groups in total. The molecule has 38 heavy (non-hydrogen) atoms. The molecule has 4 rings (SSSR count). The summed E-state index contributed by atoms with van der Waals surface area (Å²) < 4.78 is 11.0. The number of fused-ring (bicyclic) bond motifs is 1. The predicted molar refractivity (Wildman–Crippen MR) is 144 cm³/mol. The van der Waals surface area contributed by atoms with Crippen LogP contribution in [0.25, 0.3) is 10.8 Å². The van der Waals surface area contributed by atoms with E-state index in [0.29, 0.717) is 40.0 Å². The lowest BCUT2D eigenvalue weighted by Gasteiger charge is -2.18. The number of carbonyl (C=O) groups excluding carboxylic acids is 2. The van der Waals surface area contributed by atoms with Gasteiger partial charge < -0.3 is 14.8 Å². The lowest BCUT2D eigenvalue weighted by Crippen LogP contribution is -2.40. The van der Waals surface area contributed by atoms with Gasteiger partial charge in [-0.05, 0) is 48.4 Å². The van der Waals surface area contributed by atoms with E-state index in [0.717, 1.165) is 6.42 Å². The Kier molecular flexibility index (Phi) is 8.45. The molecule has 10 nitrogen and oxygen atoms in total. The highest BCUT2D eigenvalue weighted by Gasteiger charge is 2.27. The van der Waals surface area contributed by atoms with Gasteiger partial charge in [0, 0.05) is 10.9 Å². The molecule has 2 amide bonds. The standard InChI is InChI=1S/C28H27N5O5/c1-3-15-38-22-14-13-18(16-23(22)37-2)17-29-32-28(36)25(30-26(34)19-9-5-4-6-10-19)24-20-11-7-8-12-21(20)27(35)33-31-24/h4-14,16-17,25H,3,15H2,1-2H3,(H,30,34)(H,32,36)(H,33,35)/b29-17-/t25-/m1/s1. The van der Waals surface area contributed by atoms with Gasteiger partial charge in [0.15, 0.2) is 17.5 Å². The molecule has 194 valence electrons. The third kappa shape index (κ3) is 6.04. The maximum Gasteiger partial charge on any atom is 0.272 e. The molecule has 0 unspecified atom stereocenters. The minimum atomic E-state index is -1.25. The Morgan fingerprint density at radius 1 is 1.03 bits per heavy atom. The smallest absolute Gasteiger partial charge is 0.272 e. The number of carbonyl (C=O) groups is 2. The molecule has 1 aromatic heterocycles. The van der Waals surface area contributed by atoms with Gasteiger partial charge in [0.1, 0.15) is 5.69 Å². The van der Waals surface area contributed by atoms with Gasteiger partial charge in [0.2, 0.25) is 0 Å². The number of aromatic nitrogens is 2. The van der Waals surface area contributed by atoms with Crippen LogP contribution in [0, 0.1) is 0 Å². The van der Waals surface area contributed by atoms with Crippen LogP contribution in [0.5, 0.6) is 11.5 Å². The fourth-order valence-electron chi connectivity index (χ4n) is 3.75. The monoisotopic (exact) mass is 513 g/mol. The summed E-state index contributed by atoms with van der Waals surface area (Å²) in [5.74, 6) is 0.00481. The zero-order valence-electron chi connectivity index (χ0n) is 20.9. The van der Waals surface area contributed by atoms with E-state index in [1.165, 1.54) is 6.21 Å². The average Bonchev–Trinajstić information content (AvgIpc) is 2.96. The Hall–Kier alpha value is -4.99. The van der Waals surface area contributed by atoms with Crippen molar-refractivity contribution in [3.8, 4) is 11.5 Å². The van der Waals surface area contributed by atoms with Gasteiger partial charge in [-0.2, -0.15) is 10.2 Å². The van der Waals surface area contributed by atoms with Crippen LogP contribution in [-0.2, 0) is 4.79 Å². The van der Waals surface area contributed by atoms with E-state index in [9.17, 15) is 14.4 Å². The number of aromatic amines is 1. The number of H-pyrrole nitrogens is 1. The van der Waals surface area contributed by atoms with Gasteiger partial charge in [0.05, 0.1) is 25.3 Å². The minimum Gasteiger partial charge on any atom is -0.493 e. The Labute approximate surface area is 218 Å². The molecule has 0 aliphatic rings. The zero-order chi connectivity index (χ0) is 26.9. The van der Waals surface area contributed by atoms with Crippen LogP contribution < -0.4 is 25.8 Å². The van der Waals surface area contributed by atoms with Crippen molar-refractivity contribution in [1.82, 2.24) is 20.9 Å². The molecule has 0 aliphatic heterocycles. The Morgan fingerprint density at radius 3 is 2.50 bits per heavy atom. The van der Waals surface area contributed by atoms with Gasteiger partial charge in [-0.15, -0.1) is 0 Å². The summed E-state index contributed by atoms with van der Waals surface area (Å²) >= 11 is 0. The minimum absolute atomic E-state index is 0.177. The fourth-order valence-corrected chi connectivity index (χ4v) is 3.75. The van der Waals surface area contributed by atoms with E-state index in [-0.39, 0.29) is 5.69 Å². The van der Waals surface area contributed by atoms with Gasteiger partial charge in [-0.25, -0.2) is 10.5 Å². The van der Waals surface area contributed by atoms with Crippen molar-refractivity contribution >= 4 is 28.8 Å². The number of hydrogen-bond donors (Lipinski definition) is 3. The Balaban J connectivity index is 1.61. The molecular weight excluding hydrogens is 486 g/mol. The molecule has 10 heteroatoms. The second kappa shape index (κ2) is 12.3. The largest absolute Gasteiger partial charge is 0.493 e. The first-order valence-corrected chi connectivity index (χ1v) is 12.0. The zero-order valence-corrected chi connectivity index (χ0v) is 20.9. The number of amides is 2. The van der Waals surface area contributed by atoms with Crippen LogP contribution in [0.4, 0.5) is 0 Å².